The molecule has 2 aromatic rings. The summed E-state index contributed by atoms with van der Waals surface area (Å²) in [5.74, 6) is -0.187. The Morgan fingerprint density at radius 3 is 2.75 bits per heavy atom. The monoisotopic (exact) mass is 311 g/mol. The highest BCUT2D eigenvalue weighted by Gasteiger charge is 2.17. The van der Waals surface area contributed by atoms with E-state index in [9.17, 15) is 14.9 Å². The Labute approximate surface area is 123 Å². The van der Waals surface area contributed by atoms with E-state index in [0.29, 0.717) is 4.88 Å². The van der Waals surface area contributed by atoms with E-state index in [1.807, 2.05) is 13.0 Å². The molecule has 0 aliphatic carbocycles. The molecule has 0 bridgehead atoms. The number of hydrogen-bond donors (Lipinski definition) is 0. The lowest BCUT2D eigenvalue weighted by atomic mass is 10.3. The van der Waals surface area contributed by atoms with Crippen LogP contribution in [-0.2, 0) is 0 Å². The minimum absolute atomic E-state index is 0.0287. The van der Waals surface area contributed by atoms with Gasteiger partial charge in [-0.25, -0.2) is 0 Å². The second-order valence-corrected chi connectivity index (χ2v) is 5.72. The number of benzene rings is 1. The van der Waals surface area contributed by atoms with Crippen LogP contribution in [0.3, 0.4) is 0 Å². The molecule has 5 nitrogen and oxygen atoms in total. The maximum absolute atomic E-state index is 11.9. The summed E-state index contributed by atoms with van der Waals surface area (Å²) in [6.07, 6.45) is 0. The van der Waals surface area contributed by atoms with Crippen LogP contribution < -0.4 is 4.74 Å². The number of halogens is 1. The molecular formula is C13H10ClNO4S. The first-order chi connectivity index (χ1) is 9.47. The number of Topliss-reactive ketones (excluding diaryl/α,β-unsaturated/α-hetero) is 1. The van der Waals surface area contributed by atoms with Crippen LogP contribution in [0, 0.1) is 17.0 Å². The van der Waals surface area contributed by atoms with Crippen molar-refractivity contribution in [2.24, 2.45) is 0 Å². The predicted molar refractivity (Wildman–Crippen MR) is 77.0 cm³/mol. The van der Waals surface area contributed by atoms with E-state index in [1.165, 1.54) is 29.5 Å². The predicted octanol–water partition coefficient (Wildman–Crippen LogP) is 3.88. The molecule has 104 valence electrons. The molecule has 0 unspecified atom stereocenters. The molecule has 0 fully saturated rings. The van der Waals surface area contributed by atoms with Crippen LogP contribution >= 0.6 is 22.9 Å². The van der Waals surface area contributed by atoms with Crippen molar-refractivity contribution in [2.75, 3.05) is 6.61 Å². The molecule has 2 rings (SSSR count). The van der Waals surface area contributed by atoms with Crippen LogP contribution in [-0.4, -0.2) is 17.3 Å². The van der Waals surface area contributed by atoms with Crippen molar-refractivity contribution in [3.05, 3.63) is 55.2 Å². The minimum Gasteiger partial charge on any atom is -0.478 e. The van der Waals surface area contributed by atoms with Gasteiger partial charge in [-0.2, -0.15) is 0 Å². The summed E-state index contributed by atoms with van der Waals surface area (Å²) in [4.78, 5) is 23.7. The number of nitro groups is 1. The fourth-order valence-electron chi connectivity index (χ4n) is 1.55. The van der Waals surface area contributed by atoms with Gasteiger partial charge in [0.15, 0.2) is 12.4 Å². The van der Waals surface area contributed by atoms with Gasteiger partial charge in [0.1, 0.15) is 0 Å². The number of aryl methyl sites for hydroxylation is 1. The highest BCUT2D eigenvalue weighted by Crippen LogP contribution is 2.30. The summed E-state index contributed by atoms with van der Waals surface area (Å²) in [5, 5.41) is 11.1. The third-order valence-electron chi connectivity index (χ3n) is 2.49. The van der Waals surface area contributed by atoms with E-state index in [0.717, 1.165) is 4.88 Å². The first kappa shape index (κ1) is 14.5. The Hall–Kier alpha value is -1.92. The maximum Gasteiger partial charge on any atom is 0.312 e. The number of hydrogen-bond acceptors (Lipinski definition) is 5. The van der Waals surface area contributed by atoms with Crippen LogP contribution in [0.25, 0.3) is 0 Å². The van der Waals surface area contributed by atoms with Crippen LogP contribution in [0.1, 0.15) is 14.5 Å². The van der Waals surface area contributed by atoms with E-state index in [-0.39, 0.29) is 28.8 Å². The van der Waals surface area contributed by atoms with Crippen molar-refractivity contribution < 1.29 is 14.5 Å². The topological polar surface area (TPSA) is 69.4 Å². The molecule has 0 atom stereocenters. The zero-order chi connectivity index (χ0) is 14.7. The van der Waals surface area contributed by atoms with Crippen molar-refractivity contribution in [1.82, 2.24) is 0 Å². The Kier molecular flexibility index (Phi) is 4.36. The number of ketones is 1. The summed E-state index contributed by atoms with van der Waals surface area (Å²) in [5.41, 5.74) is -0.257. The number of thiophene rings is 1. The SMILES string of the molecule is Cc1ccc(C(=O)COc2ccc(Cl)cc2[N+](=O)[O-])s1. The van der Waals surface area contributed by atoms with E-state index >= 15 is 0 Å². The molecule has 0 N–H and O–H groups in total. The molecule has 0 amide bonds. The lowest BCUT2D eigenvalue weighted by molar-refractivity contribution is -0.385. The zero-order valence-corrected chi connectivity index (χ0v) is 12.0. The van der Waals surface area contributed by atoms with Gasteiger partial charge in [-0.15, -0.1) is 11.3 Å². The first-order valence-corrected chi connectivity index (χ1v) is 6.83. The lowest BCUT2D eigenvalue weighted by Gasteiger charge is -2.05. The molecule has 1 aromatic carbocycles. The van der Waals surface area contributed by atoms with E-state index in [4.69, 9.17) is 16.3 Å². The van der Waals surface area contributed by atoms with Crippen LogP contribution in [0.4, 0.5) is 5.69 Å². The summed E-state index contributed by atoms with van der Waals surface area (Å²) >= 11 is 7.06. The maximum atomic E-state index is 11.9. The zero-order valence-electron chi connectivity index (χ0n) is 10.5. The van der Waals surface area contributed by atoms with Crippen molar-refractivity contribution in [3.63, 3.8) is 0 Å². The van der Waals surface area contributed by atoms with Gasteiger partial charge in [0, 0.05) is 16.0 Å². The molecule has 0 spiro atoms. The molecule has 0 saturated carbocycles. The second kappa shape index (κ2) is 6.02. The standard InChI is InChI=1S/C13H10ClNO4S/c1-8-2-5-13(20-8)11(16)7-19-12-4-3-9(14)6-10(12)15(17)18/h2-6H,7H2,1H3. The van der Waals surface area contributed by atoms with Gasteiger partial charge in [0.05, 0.1) is 9.80 Å². The lowest BCUT2D eigenvalue weighted by Crippen LogP contribution is -2.11. The van der Waals surface area contributed by atoms with Gasteiger partial charge in [-0.3, -0.25) is 14.9 Å². The number of ether oxygens (including phenoxy) is 1. The van der Waals surface area contributed by atoms with Crippen LogP contribution in [0.5, 0.6) is 5.75 Å². The van der Waals surface area contributed by atoms with Crippen LogP contribution in [0.2, 0.25) is 5.02 Å². The molecule has 0 saturated heterocycles. The van der Waals surface area contributed by atoms with Gasteiger partial charge in [0.2, 0.25) is 5.78 Å². The van der Waals surface area contributed by atoms with Gasteiger partial charge >= 0.3 is 5.69 Å². The average Bonchev–Trinajstić information content (AvgIpc) is 2.83. The fourth-order valence-corrected chi connectivity index (χ4v) is 2.51. The molecule has 1 aromatic heterocycles. The Balaban J connectivity index is 2.11. The molecular weight excluding hydrogens is 302 g/mol. The molecule has 0 radical (unpaired) electrons. The number of nitrogens with zero attached hydrogens (tertiary/aromatic N) is 1. The minimum atomic E-state index is -0.596. The van der Waals surface area contributed by atoms with Crippen molar-refractivity contribution in [2.45, 2.75) is 6.92 Å². The summed E-state index contributed by atoms with van der Waals surface area (Å²) in [6.45, 7) is 1.65. The third kappa shape index (κ3) is 3.34. The second-order valence-electron chi connectivity index (χ2n) is 3.99. The number of rotatable bonds is 5. The summed E-state index contributed by atoms with van der Waals surface area (Å²) in [7, 11) is 0. The normalized spacial score (nSPS) is 10.3. The fraction of sp³-hybridized carbons (Fsp3) is 0.154. The van der Waals surface area contributed by atoms with Gasteiger partial charge < -0.3 is 4.74 Å². The van der Waals surface area contributed by atoms with Gasteiger partial charge in [-0.1, -0.05) is 11.6 Å². The van der Waals surface area contributed by atoms with E-state index in [2.05, 4.69) is 0 Å². The number of carbonyl (C=O) groups is 1. The Bertz CT molecular complexity index is 668. The molecule has 7 heteroatoms. The smallest absolute Gasteiger partial charge is 0.312 e. The highest BCUT2D eigenvalue weighted by molar-refractivity contribution is 7.14. The Morgan fingerprint density at radius 1 is 1.40 bits per heavy atom. The molecule has 1 heterocycles. The first-order valence-electron chi connectivity index (χ1n) is 5.64. The number of nitro benzene ring substituents is 1. The highest BCUT2D eigenvalue weighted by atomic mass is 35.5. The van der Waals surface area contributed by atoms with Gasteiger partial charge in [-0.05, 0) is 31.2 Å². The molecule has 20 heavy (non-hydrogen) atoms. The third-order valence-corrected chi connectivity index (χ3v) is 3.77. The van der Waals surface area contributed by atoms with Crippen molar-refractivity contribution in [1.29, 1.82) is 0 Å². The molecule has 0 aliphatic heterocycles. The van der Waals surface area contributed by atoms with E-state index < -0.39 is 4.92 Å². The Morgan fingerprint density at radius 2 is 2.15 bits per heavy atom. The van der Waals surface area contributed by atoms with Gasteiger partial charge in [0.25, 0.3) is 0 Å². The van der Waals surface area contributed by atoms with Crippen molar-refractivity contribution in [3.8, 4) is 5.75 Å². The molecule has 0 aliphatic rings. The summed E-state index contributed by atoms with van der Waals surface area (Å²) in [6, 6.07) is 7.60. The van der Waals surface area contributed by atoms with Crippen molar-refractivity contribution >= 4 is 34.4 Å². The number of carbonyl (C=O) groups excluding carboxylic acids is 1. The van der Waals surface area contributed by atoms with E-state index in [1.54, 1.807) is 6.07 Å². The summed E-state index contributed by atoms with van der Waals surface area (Å²) < 4.78 is 5.24. The quantitative estimate of drug-likeness (QED) is 0.477. The average molecular weight is 312 g/mol. The van der Waals surface area contributed by atoms with Crippen LogP contribution in [0.15, 0.2) is 30.3 Å². The largest absolute Gasteiger partial charge is 0.478 e.